The number of hydrogen-bond acceptors (Lipinski definition) is 6. The van der Waals surface area contributed by atoms with E-state index < -0.39 is 34.4 Å². The van der Waals surface area contributed by atoms with Gasteiger partial charge in [-0.25, -0.2) is 9.59 Å². The van der Waals surface area contributed by atoms with Crippen LogP contribution in [0.3, 0.4) is 0 Å². The Hall–Kier alpha value is -3.01. The highest BCUT2D eigenvalue weighted by Gasteiger charge is 2.28. The highest BCUT2D eigenvalue weighted by Crippen LogP contribution is 2.41. The number of nitrogens with one attached hydrogen (secondary N) is 1. The first-order valence-corrected chi connectivity index (χ1v) is 8.44. The normalized spacial score (nSPS) is 10.7. The number of ether oxygens (including phenoxy) is 2. The molecular weight excluding hydrogens is 424 g/mol. The number of carbonyl (C=O) groups is 2. The summed E-state index contributed by atoms with van der Waals surface area (Å²) >= 11 is 3.28. The number of H-pyrrole nitrogens is 1. The van der Waals surface area contributed by atoms with E-state index in [1.807, 2.05) is 13.8 Å². The Balaban J connectivity index is 2.95. The average molecular weight is 441 g/mol. The number of aromatic carboxylic acids is 2. The van der Waals surface area contributed by atoms with Gasteiger partial charge in [-0.3, -0.25) is 4.79 Å². The van der Waals surface area contributed by atoms with Gasteiger partial charge in [-0.1, -0.05) is 15.9 Å². The fourth-order valence-corrected chi connectivity index (χ4v) is 3.07. The lowest BCUT2D eigenvalue weighted by molar-refractivity contribution is 0.0695. The Morgan fingerprint density at radius 3 is 2.22 bits per heavy atom. The molecule has 0 atom stereocenters. The highest BCUT2D eigenvalue weighted by atomic mass is 79.9. The molecule has 2 aromatic rings. The Morgan fingerprint density at radius 1 is 1.15 bits per heavy atom. The molecule has 144 valence electrons. The molecule has 1 aromatic heterocycles. The van der Waals surface area contributed by atoms with Crippen molar-refractivity contribution in [2.24, 2.45) is 0 Å². The minimum absolute atomic E-state index is 0.107. The summed E-state index contributed by atoms with van der Waals surface area (Å²) in [5, 5.41) is 19.0. The molecule has 1 heterocycles. The number of benzene rings is 1. The number of carboxylic acid groups (broad SMARTS) is 2. The molecular formula is C17H17BrN2O7. The number of methoxy groups -OCH3 is 1. The van der Waals surface area contributed by atoms with Crippen LogP contribution in [0.4, 0.5) is 5.82 Å². The van der Waals surface area contributed by atoms with E-state index in [-0.39, 0.29) is 23.0 Å². The summed E-state index contributed by atoms with van der Waals surface area (Å²) in [5.41, 5.74) is 3.11. The Morgan fingerprint density at radius 2 is 1.74 bits per heavy atom. The predicted octanol–water partition coefficient (Wildman–Crippen LogP) is 2.58. The maximum atomic E-state index is 12.1. The minimum Gasteiger partial charge on any atom is -0.493 e. The third-order valence-corrected chi connectivity index (χ3v) is 4.21. The van der Waals surface area contributed by atoms with Crippen molar-refractivity contribution in [3.8, 4) is 22.6 Å². The zero-order valence-electron chi connectivity index (χ0n) is 14.6. The van der Waals surface area contributed by atoms with Crippen molar-refractivity contribution in [2.75, 3.05) is 12.8 Å². The monoisotopic (exact) mass is 440 g/mol. The zero-order chi connectivity index (χ0) is 20.5. The molecule has 0 amide bonds. The standard InChI is InChI=1S/C17H17BrN2O7/c1-6(2)27-10-5-8(18)7(4-9(10)26-3)11-12(16(22)23)14(19)20-15(21)13(11)17(24)25/h4-6H,1-3H3,(H,22,23)(H,24,25)(H3,19,20,21). The molecule has 9 nitrogen and oxygen atoms in total. The summed E-state index contributed by atoms with van der Waals surface area (Å²) in [6.45, 7) is 3.62. The van der Waals surface area contributed by atoms with Gasteiger partial charge in [0.05, 0.1) is 13.2 Å². The number of hydrogen-bond donors (Lipinski definition) is 4. The van der Waals surface area contributed by atoms with Crippen LogP contribution in [-0.4, -0.2) is 40.3 Å². The summed E-state index contributed by atoms with van der Waals surface area (Å²) in [7, 11) is 1.38. The van der Waals surface area contributed by atoms with Crippen LogP contribution in [0, 0.1) is 0 Å². The first-order valence-electron chi connectivity index (χ1n) is 7.65. The smallest absolute Gasteiger partial charge is 0.342 e. The molecule has 0 fully saturated rings. The van der Waals surface area contributed by atoms with Crippen molar-refractivity contribution < 1.29 is 29.3 Å². The van der Waals surface area contributed by atoms with E-state index in [4.69, 9.17) is 15.2 Å². The molecule has 0 radical (unpaired) electrons. The first kappa shape index (κ1) is 20.3. The number of nitrogen functional groups attached to an aromatic ring is 1. The van der Waals surface area contributed by atoms with E-state index in [0.717, 1.165) is 0 Å². The van der Waals surface area contributed by atoms with Crippen molar-refractivity contribution in [2.45, 2.75) is 20.0 Å². The van der Waals surface area contributed by atoms with Crippen LogP contribution in [0.1, 0.15) is 34.6 Å². The molecule has 27 heavy (non-hydrogen) atoms. The highest BCUT2D eigenvalue weighted by molar-refractivity contribution is 9.10. The molecule has 0 saturated carbocycles. The maximum Gasteiger partial charge on any atom is 0.342 e. The molecule has 0 unspecified atom stereocenters. The van der Waals surface area contributed by atoms with Crippen molar-refractivity contribution in [1.29, 1.82) is 0 Å². The van der Waals surface area contributed by atoms with Crippen LogP contribution >= 0.6 is 15.9 Å². The summed E-state index contributed by atoms with van der Waals surface area (Å²) in [6.07, 6.45) is -0.170. The molecule has 0 aliphatic carbocycles. The van der Waals surface area contributed by atoms with Crippen molar-refractivity contribution in [3.05, 3.63) is 38.1 Å². The summed E-state index contributed by atoms with van der Waals surface area (Å²) in [5.74, 6) is -2.96. The van der Waals surface area contributed by atoms with E-state index >= 15 is 0 Å². The van der Waals surface area contributed by atoms with Gasteiger partial charge in [-0.2, -0.15) is 0 Å². The van der Waals surface area contributed by atoms with Gasteiger partial charge in [0.2, 0.25) is 0 Å². The molecule has 0 bridgehead atoms. The third-order valence-electron chi connectivity index (χ3n) is 3.56. The second kappa shape index (κ2) is 7.70. The lowest BCUT2D eigenvalue weighted by atomic mass is 9.95. The number of aromatic amines is 1. The topological polar surface area (TPSA) is 152 Å². The van der Waals surface area contributed by atoms with Crippen molar-refractivity contribution in [3.63, 3.8) is 0 Å². The first-order chi connectivity index (χ1) is 12.6. The Bertz CT molecular complexity index is 982. The molecule has 0 spiro atoms. The lowest BCUT2D eigenvalue weighted by Gasteiger charge is -2.18. The maximum absolute atomic E-state index is 12.1. The SMILES string of the molecule is COc1cc(-c2c(C(=O)O)c(N)[nH]c(=O)c2C(=O)O)c(Br)cc1OC(C)C. The minimum atomic E-state index is -1.60. The van der Waals surface area contributed by atoms with Crippen LogP contribution < -0.4 is 20.8 Å². The molecule has 0 aliphatic heterocycles. The summed E-state index contributed by atoms with van der Waals surface area (Å²) in [4.78, 5) is 37.6. The number of carboxylic acids is 2. The van der Waals surface area contributed by atoms with E-state index in [1.54, 1.807) is 0 Å². The fourth-order valence-electron chi connectivity index (χ4n) is 2.55. The largest absolute Gasteiger partial charge is 0.493 e. The third kappa shape index (κ3) is 3.90. The molecule has 0 saturated heterocycles. The molecule has 10 heteroatoms. The second-order valence-electron chi connectivity index (χ2n) is 5.75. The number of aromatic nitrogens is 1. The number of anilines is 1. The van der Waals surface area contributed by atoms with Crippen LogP contribution in [0.25, 0.3) is 11.1 Å². The van der Waals surface area contributed by atoms with Gasteiger partial charge in [-0.05, 0) is 26.0 Å². The number of nitrogens with two attached hydrogens (primary N) is 1. The van der Waals surface area contributed by atoms with Crippen LogP contribution in [0.5, 0.6) is 11.5 Å². The van der Waals surface area contributed by atoms with E-state index in [0.29, 0.717) is 10.2 Å². The van der Waals surface area contributed by atoms with Gasteiger partial charge in [0, 0.05) is 15.6 Å². The van der Waals surface area contributed by atoms with Gasteiger partial charge >= 0.3 is 11.9 Å². The Kier molecular flexibility index (Phi) is 5.79. The van der Waals surface area contributed by atoms with Gasteiger partial charge in [-0.15, -0.1) is 0 Å². The van der Waals surface area contributed by atoms with Gasteiger partial charge < -0.3 is 30.4 Å². The quantitative estimate of drug-likeness (QED) is 0.534. The van der Waals surface area contributed by atoms with Gasteiger partial charge in [0.15, 0.2) is 11.5 Å². The lowest BCUT2D eigenvalue weighted by Crippen LogP contribution is -2.24. The van der Waals surface area contributed by atoms with Gasteiger partial charge in [0.25, 0.3) is 5.56 Å². The van der Waals surface area contributed by atoms with E-state index in [1.165, 1.54) is 19.2 Å². The van der Waals surface area contributed by atoms with Crippen molar-refractivity contribution >= 4 is 33.7 Å². The number of rotatable bonds is 6. The Labute approximate surface area is 161 Å². The molecule has 2 rings (SSSR count). The predicted molar refractivity (Wildman–Crippen MR) is 101 cm³/mol. The van der Waals surface area contributed by atoms with Gasteiger partial charge in [0.1, 0.15) is 16.9 Å². The summed E-state index contributed by atoms with van der Waals surface area (Å²) in [6, 6.07) is 2.89. The van der Waals surface area contributed by atoms with Crippen LogP contribution in [0.2, 0.25) is 0 Å². The van der Waals surface area contributed by atoms with E-state index in [2.05, 4.69) is 20.9 Å². The fraction of sp³-hybridized carbons (Fsp3) is 0.235. The second-order valence-corrected chi connectivity index (χ2v) is 6.61. The van der Waals surface area contributed by atoms with Crippen molar-refractivity contribution in [1.82, 2.24) is 4.98 Å². The van der Waals surface area contributed by atoms with E-state index in [9.17, 15) is 24.6 Å². The molecule has 0 aliphatic rings. The zero-order valence-corrected chi connectivity index (χ0v) is 16.2. The molecule has 1 aromatic carbocycles. The average Bonchev–Trinajstić information content (AvgIpc) is 2.52. The van der Waals surface area contributed by atoms with Crippen LogP contribution in [-0.2, 0) is 0 Å². The van der Waals surface area contributed by atoms with Crippen LogP contribution in [0.15, 0.2) is 21.4 Å². The molecule has 5 N–H and O–H groups in total. The number of pyridine rings is 1. The number of halogens is 1. The summed E-state index contributed by atoms with van der Waals surface area (Å²) < 4.78 is 11.2.